The van der Waals surface area contributed by atoms with E-state index in [9.17, 15) is 0 Å². The number of benzene rings is 1. The molecular formula is C19H29N5O. The highest BCUT2D eigenvalue weighted by molar-refractivity contribution is 5.79. The lowest BCUT2D eigenvalue weighted by Gasteiger charge is -2.11. The molecule has 2 N–H and O–H groups in total. The van der Waals surface area contributed by atoms with Crippen molar-refractivity contribution in [3.63, 3.8) is 0 Å². The largest absolute Gasteiger partial charge is 0.382 e. The summed E-state index contributed by atoms with van der Waals surface area (Å²) in [6.07, 6.45) is 6.58. The van der Waals surface area contributed by atoms with Gasteiger partial charge in [-0.05, 0) is 31.4 Å². The number of rotatable bonds is 10. The van der Waals surface area contributed by atoms with Crippen LogP contribution in [0.2, 0.25) is 0 Å². The van der Waals surface area contributed by atoms with E-state index in [1.54, 1.807) is 6.20 Å². The molecule has 0 aliphatic rings. The quantitative estimate of drug-likeness (QED) is 0.395. The number of hydrogen-bond donors (Lipinski definition) is 2. The standard InChI is InChI=1S/C19H29N5O/c1-3-21-19(22-9-6-12-25-4-2)23-14-17-7-5-8-18(13-17)15-24-11-10-20-16-24/h5,7-8,10-11,13,16H,3-4,6,9,12,14-15H2,1-2H3,(H2,21,22,23). The predicted octanol–water partition coefficient (Wildman–Crippen LogP) is 2.41. The van der Waals surface area contributed by atoms with Crippen molar-refractivity contribution in [3.8, 4) is 0 Å². The monoisotopic (exact) mass is 343 g/mol. The molecule has 0 unspecified atom stereocenters. The van der Waals surface area contributed by atoms with E-state index in [0.717, 1.165) is 45.2 Å². The Bertz CT molecular complexity index is 625. The summed E-state index contributed by atoms with van der Waals surface area (Å²) in [4.78, 5) is 8.76. The maximum Gasteiger partial charge on any atom is 0.191 e. The van der Waals surface area contributed by atoms with Crippen LogP contribution < -0.4 is 10.6 Å². The second-order valence-electron chi connectivity index (χ2n) is 5.73. The Balaban J connectivity index is 1.87. The van der Waals surface area contributed by atoms with Gasteiger partial charge in [0.15, 0.2) is 5.96 Å². The molecule has 1 aromatic carbocycles. The minimum atomic E-state index is 0.651. The minimum Gasteiger partial charge on any atom is -0.382 e. The summed E-state index contributed by atoms with van der Waals surface area (Å²) in [6.45, 7) is 8.81. The summed E-state index contributed by atoms with van der Waals surface area (Å²) in [7, 11) is 0. The second kappa shape index (κ2) is 11.3. The van der Waals surface area contributed by atoms with Crippen molar-refractivity contribution >= 4 is 5.96 Å². The second-order valence-corrected chi connectivity index (χ2v) is 5.73. The Morgan fingerprint density at radius 3 is 2.88 bits per heavy atom. The van der Waals surface area contributed by atoms with Crippen molar-refractivity contribution in [2.75, 3.05) is 26.3 Å². The molecule has 1 aromatic heterocycles. The van der Waals surface area contributed by atoms with Gasteiger partial charge in [0.2, 0.25) is 0 Å². The number of hydrogen-bond acceptors (Lipinski definition) is 3. The molecule has 25 heavy (non-hydrogen) atoms. The van der Waals surface area contributed by atoms with Crippen LogP contribution >= 0.6 is 0 Å². The number of ether oxygens (including phenoxy) is 1. The van der Waals surface area contributed by atoms with Gasteiger partial charge in [0.05, 0.1) is 12.9 Å². The van der Waals surface area contributed by atoms with Crippen LogP contribution in [0.4, 0.5) is 0 Å². The van der Waals surface area contributed by atoms with Crippen molar-refractivity contribution in [1.29, 1.82) is 0 Å². The van der Waals surface area contributed by atoms with Crippen molar-refractivity contribution in [1.82, 2.24) is 20.2 Å². The highest BCUT2D eigenvalue weighted by Gasteiger charge is 2.00. The molecule has 0 fully saturated rings. The summed E-state index contributed by atoms with van der Waals surface area (Å²) in [6, 6.07) is 8.52. The number of nitrogens with one attached hydrogen (secondary N) is 2. The first-order valence-corrected chi connectivity index (χ1v) is 8.95. The van der Waals surface area contributed by atoms with Crippen LogP contribution in [0.15, 0.2) is 48.0 Å². The molecular weight excluding hydrogens is 314 g/mol. The zero-order chi connectivity index (χ0) is 17.7. The van der Waals surface area contributed by atoms with Gasteiger partial charge in [-0.3, -0.25) is 0 Å². The first-order valence-electron chi connectivity index (χ1n) is 8.95. The van der Waals surface area contributed by atoms with Crippen LogP contribution in [0.5, 0.6) is 0 Å². The van der Waals surface area contributed by atoms with Crippen LogP contribution in [-0.4, -0.2) is 41.8 Å². The molecule has 0 atom stereocenters. The normalized spacial score (nSPS) is 11.5. The molecule has 0 radical (unpaired) electrons. The fraction of sp³-hybridized carbons (Fsp3) is 0.474. The predicted molar refractivity (Wildman–Crippen MR) is 102 cm³/mol. The summed E-state index contributed by atoms with van der Waals surface area (Å²) in [5, 5.41) is 6.63. The molecule has 136 valence electrons. The van der Waals surface area contributed by atoms with Gasteiger partial charge in [0, 0.05) is 45.2 Å². The van der Waals surface area contributed by atoms with Gasteiger partial charge < -0.3 is 19.9 Å². The molecule has 2 rings (SSSR count). The highest BCUT2D eigenvalue weighted by atomic mass is 16.5. The average molecular weight is 343 g/mol. The number of aromatic nitrogens is 2. The highest BCUT2D eigenvalue weighted by Crippen LogP contribution is 2.08. The lowest BCUT2D eigenvalue weighted by atomic mass is 10.1. The number of nitrogens with zero attached hydrogens (tertiary/aromatic N) is 3. The van der Waals surface area contributed by atoms with Gasteiger partial charge >= 0.3 is 0 Å². The van der Waals surface area contributed by atoms with E-state index in [0.29, 0.717) is 6.54 Å². The van der Waals surface area contributed by atoms with Crippen molar-refractivity contribution in [2.45, 2.75) is 33.4 Å². The third kappa shape index (κ3) is 7.39. The molecule has 0 aliphatic carbocycles. The Hall–Kier alpha value is -2.34. The fourth-order valence-electron chi connectivity index (χ4n) is 2.45. The van der Waals surface area contributed by atoms with Crippen LogP contribution in [0, 0.1) is 0 Å². The van der Waals surface area contributed by atoms with Crippen molar-refractivity contribution in [3.05, 3.63) is 54.1 Å². The van der Waals surface area contributed by atoms with E-state index < -0.39 is 0 Å². The zero-order valence-electron chi connectivity index (χ0n) is 15.2. The van der Waals surface area contributed by atoms with Crippen LogP contribution in [-0.2, 0) is 17.8 Å². The molecule has 1 heterocycles. The van der Waals surface area contributed by atoms with Gasteiger partial charge in [-0.25, -0.2) is 9.98 Å². The molecule has 0 bridgehead atoms. The SMILES string of the molecule is CCNC(=NCc1cccc(Cn2ccnc2)c1)NCCCOCC. The Morgan fingerprint density at radius 2 is 2.12 bits per heavy atom. The summed E-state index contributed by atoms with van der Waals surface area (Å²) >= 11 is 0. The first-order chi connectivity index (χ1) is 12.3. The number of aliphatic imine (C=N–C) groups is 1. The minimum absolute atomic E-state index is 0.651. The summed E-state index contributed by atoms with van der Waals surface area (Å²) in [5.74, 6) is 0.846. The van der Waals surface area contributed by atoms with E-state index in [2.05, 4.69) is 56.4 Å². The molecule has 6 heteroatoms. The van der Waals surface area contributed by atoms with E-state index >= 15 is 0 Å². The molecule has 0 spiro atoms. The molecule has 0 saturated heterocycles. The Kier molecular flexibility index (Phi) is 8.55. The van der Waals surface area contributed by atoms with E-state index in [4.69, 9.17) is 4.74 Å². The van der Waals surface area contributed by atoms with E-state index in [-0.39, 0.29) is 0 Å². The number of imidazole rings is 1. The van der Waals surface area contributed by atoms with Crippen LogP contribution in [0.1, 0.15) is 31.4 Å². The van der Waals surface area contributed by atoms with Gasteiger partial charge in [0.1, 0.15) is 0 Å². The molecule has 2 aromatic rings. The van der Waals surface area contributed by atoms with E-state index in [1.807, 2.05) is 19.4 Å². The van der Waals surface area contributed by atoms with Gasteiger partial charge in [-0.2, -0.15) is 0 Å². The molecule has 0 saturated carbocycles. The zero-order valence-corrected chi connectivity index (χ0v) is 15.2. The first kappa shape index (κ1) is 19.0. The summed E-state index contributed by atoms with van der Waals surface area (Å²) in [5.41, 5.74) is 2.45. The lowest BCUT2D eigenvalue weighted by Crippen LogP contribution is -2.38. The average Bonchev–Trinajstić information content (AvgIpc) is 3.13. The van der Waals surface area contributed by atoms with Crippen molar-refractivity contribution < 1.29 is 4.74 Å². The number of guanidine groups is 1. The molecule has 6 nitrogen and oxygen atoms in total. The lowest BCUT2D eigenvalue weighted by molar-refractivity contribution is 0.145. The maximum absolute atomic E-state index is 5.35. The maximum atomic E-state index is 5.35. The fourth-order valence-corrected chi connectivity index (χ4v) is 2.45. The third-order valence-electron chi connectivity index (χ3n) is 3.64. The van der Waals surface area contributed by atoms with Crippen molar-refractivity contribution in [2.24, 2.45) is 4.99 Å². The Labute approximate surface area is 150 Å². The van der Waals surface area contributed by atoms with Crippen LogP contribution in [0.3, 0.4) is 0 Å². The van der Waals surface area contributed by atoms with Gasteiger partial charge in [0.25, 0.3) is 0 Å². The third-order valence-corrected chi connectivity index (χ3v) is 3.64. The van der Waals surface area contributed by atoms with Gasteiger partial charge in [-0.1, -0.05) is 24.3 Å². The smallest absolute Gasteiger partial charge is 0.191 e. The van der Waals surface area contributed by atoms with E-state index in [1.165, 1.54) is 11.1 Å². The molecule has 0 aliphatic heterocycles. The van der Waals surface area contributed by atoms with Crippen LogP contribution in [0.25, 0.3) is 0 Å². The molecule has 0 amide bonds. The Morgan fingerprint density at radius 1 is 1.24 bits per heavy atom. The topological polar surface area (TPSA) is 63.5 Å². The van der Waals surface area contributed by atoms with Gasteiger partial charge in [-0.15, -0.1) is 0 Å². The summed E-state index contributed by atoms with van der Waals surface area (Å²) < 4.78 is 7.42.